The third-order valence-electron chi connectivity index (χ3n) is 5.29. The standard InChI is InChI=1S/C21H18ClFN4S/c22-15-11-14-20(26-28-21(14)27-8-4-1-5-9-27)18(23)17(15)19-13-7-3-2-6-12(13)10-16(24)25-19/h2-3,6-7,10-11H,1,4-5,8-9H2,(H2,24,25). The average Bonchev–Trinajstić information content (AvgIpc) is 3.12. The number of nitrogens with two attached hydrogens (primary N) is 1. The molecule has 4 nitrogen and oxygen atoms in total. The maximum absolute atomic E-state index is 15.6. The van der Waals surface area contributed by atoms with Gasteiger partial charge in [0.05, 0.1) is 16.3 Å². The van der Waals surface area contributed by atoms with Crippen LogP contribution in [0.3, 0.4) is 0 Å². The fourth-order valence-corrected chi connectivity index (χ4v) is 5.14. The minimum Gasteiger partial charge on any atom is -0.384 e. The molecule has 0 radical (unpaired) electrons. The van der Waals surface area contributed by atoms with Crippen LogP contribution in [0.1, 0.15) is 19.3 Å². The number of nitrogen functional groups attached to an aromatic ring is 1. The summed E-state index contributed by atoms with van der Waals surface area (Å²) in [5.74, 6) is -0.109. The molecule has 4 aromatic rings. The molecule has 3 heterocycles. The topological polar surface area (TPSA) is 55.0 Å². The van der Waals surface area contributed by atoms with Crippen LogP contribution < -0.4 is 10.6 Å². The summed E-state index contributed by atoms with van der Waals surface area (Å²) in [7, 11) is 0. The number of nitrogens with zero attached hydrogens (tertiary/aromatic N) is 3. The van der Waals surface area contributed by atoms with Crippen molar-refractivity contribution in [3.63, 3.8) is 0 Å². The maximum atomic E-state index is 15.6. The first-order valence-corrected chi connectivity index (χ1v) is 10.5. The molecular formula is C21H18ClFN4S. The van der Waals surface area contributed by atoms with Gasteiger partial charge in [-0.15, -0.1) is 0 Å². The molecule has 1 fully saturated rings. The van der Waals surface area contributed by atoms with E-state index in [0.29, 0.717) is 22.1 Å². The quantitative estimate of drug-likeness (QED) is 0.447. The van der Waals surface area contributed by atoms with E-state index >= 15 is 4.39 Å². The molecule has 142 valence electrons. The average molecular weight is 413 g/mol. The van der Waals surface area contributed by atoms with Gasteiger partial charge in [-0.05, 0) is 48.3 Å². The molecule has 0 bridgehead atoms. The smallest absolute Gasteiger partial charge is 0.161 e. The molecule has 1 saturated heterocycles. The zero-order chi connectivity index (χ0) is 19.3. The molecule has 0 amide bonds. The highest BCUT2D eigenvalue weighted by molar-refractivity contribution is 7.11. The van der Waals surface area contributed by atoms with Crippen molar-refractivity contribution in [3.8, 4) is 11.3 Å². The number of halogens is 2. The molecule has 5 rings (SSSR count). The molecule has 0 aliphatic carbocycles. The van der Waals surface area contributed by atoms with Crippen molar-refractivity contribution >= 4 is 55.6 Å². The summed E-state index contributed by atoms with van der Waals surface area (Å²) >= 11 is 7.94. The van der Waals surface area contributed by atoms with Crippen molar-refractivity contribution in [2.24, 2.45) is 0 Å². The third kappa shape index (κ3) is 2.79. The van der Waals surface area contributed by atoms with Crippen molar-refractivity contribution < 1.29 is 4.39 Å². The minimum atomic E-state index is -0.440. The lowest BCUT2D eigenvalue weighted by atomic mass is 10.0. The molecule has 28 heavy (non-hydrogen) atoms. The highest BCUT2D eigenvalue weighted by atomic mass is 35.5. The van der Waals surface area contributed by atoms with E-state index in [-0.39, 0.29) is 5.56 Å². The van der Waals surface area contributed by atoms with Gasteiger partial charge in [-0.3, -0.25) is 0 Å². The van der Waals surface area contributed by atoms with Gasteiger partial charge >= 0.3 is 0 Å². The number of fused-ring (bicyclic) bond motifs is 2. The van der Waals surface area contributed by atoms with E-state index in [9.17, 15) is 0 Å². The van der Waals surface area contributed by atoms with Gasteiger partial charge in [0.15, 0.2) is 5.82 Å². The molecule has 2 N–H and O–H groups in total. The maximum Gasteiger partial charge on any atom is 0.161 e. The van der Waals surface area contributed by atoms with Gasteiger partial charge in [0, 0.05) is 23.9 Å². The Morgan fingerprint density at radius 3 is 2.68 bits per heavy atom. The fourth-order valence-electron chi connectivity index (χ4n) is 3.95. The van der Waals surface area contributed by atoms with Crippen molar-refractivity contribution in [2.45, 2.75) is 19.3 Å². The summed E-state index contributed by atoms with van der Waals surface area (Å²) in [6.45, 7) is 1.94. The summed E-state index contributed by atoms with van der Waals surface area (Å²) < 4.78 is 20.0. The van der Waals surface area contributed by atoms with Crippen molar-refractivity contribution in [1.82, 2.24) is 9.36 Å². The normalized spacial score (nSPS) is 14.9. The molecule has 2 aromatic heterocycles. The monoisotopic (exact) mass is 412 g/mol. The number of pyridine rings is 1. The first-order valence-electron chi connectivity index (χ1n) is 9.31. The number of piperidine rings is 1. The molecule has 1 aliphatic rings. The van der Waals surface area contributed by atoms with Crippen LogP contribution in [0.4, 0.5) is 15.2 Å². The van der Waals surface area contributed by atoms with E-state index in [1.807, 2.05) is 30.3 Å². The van der Waals surface area contributed by atoms with Crippen molar-refractivity contribution in [3.05, 3.63) is 47.2 Å². The van der Waals surface area contributed by atoms with Gasteiger partial charge in [0.25, 0.3) is 0 Å². The van der Waals surface area contributed by atoms with Crippen LogP contribution in [0, 0.1) is 5.82 Å². The molecule has 0 spiro atoms. The van der Waals surface area contributed by atoms with Crippen molar-refractivity contribution in [2.75, 3.05) is 23.7 Å². The van der Waals surface area contributed by atoms with E-state index in [1.165, 1.54) is 18.0 Å². The second-order valence-corrected chi connectivity index (χ2v) is 8.25. The second kappa shape index (κ2) is 6.87. The second-order valence-electron chi connectivity index (χ2n) is 7.10. The van der Waals surface area contributed by atoms with Gasteiger partial charge in [-0.1, -0.05) is 35.9 Å². The molecule has 0 atom stereocenters. The van der Waals surface area contributed by atoms with Crippen LogP contribution in [0.25, 0.3) is 32.9 Å². The van der Waals surface area contributed by atoms with E-state index in [2.05, 4.69) is 14.3 Å². The Labute approximate surface area is 170 Å². The number of rotatable bonds is 2. The van der Waals surface area contributed by atoms with Crippen molar-refractivity contribution in [1.29, 1.82) is 0 Å². The first-order chi connectivity index (χ1) is 13.6. The SMILES string of the molecule is Nc1cc2ccccc2c(-c2c(Cl)cc3c(N4CCCCC4)snc3c2F)n1. The van der Waals surface area contributed by atoms with E-state index in [1.54, 1.807) is 6.07 Å². The van der Waals surface area contributed by atoms with Gasteiger partial charge < -0.3 is 10.6 Å². The predicted octanol–water partition coefficient (Wildman–Crippen LogP) is 5.88. The lowest BCUT2D eigenvalue weighted by Crippen LogP contribution is -2.28. The Balaban J connectivity index is 1.74. The van der Waals surface area contributed by atoms with Gasteiger partial charge in [-0.2, -0.15) is 4.37 Å². The highest BCUT2D eigenvalue weighted by Gasteiger charge is 2.24. The molecule has 1 aliphatic heterocycles. The highest BCUT2D eigenvalue weighted by Crippen LogP contribution is 2.42. The minimum absolute atomic E-state index is 0.258. The Morgan fingerprint density at radius 1 is 1.07 bits per heavy atom. The summed E-state index contributed by atoms with van der Waals surface area (Å²) in [6, 6.07) is 11.2. The molecule has 2 aromatic carbocycles. The number of aromatic nitrogens is 2. The van der Waals surface area contributed by atoms with Crippen LogP contribution in [-0.2, 0) is 0 Å². The van der Waals surface area contributed by atoms with E-state index in [0.717, 1.165) is 47.1 Å². The van der Waals surface area contributed by atoms with Gasteiger partial charge in [0.2, 0.25) is 0 Å². The van der Waals surface area contributed by atoms with Crippen LogP contribution in [0.5, 0.6) is 0 Å². The number of hydrogen-bond acceptors (Lipinski definition) is 5. The Kier molecular flexibility index (Phi) is 4.33. The number of benzene rings is 2. The summed E-state index contributed by atoms with van der Waals surface area (Å²) in [4.78, 5) is 6.70. The lowest BCUT2D eigenvalue weighted by Gasteiger charge is -2.27. The number of hydrogen-bond donors (Lipinski definition) is 1. The third-order valence-corrected chi connectivity index (χ3v) is 6.51. The largest absolute Gasteiger partial charge is 0.384 e. The van der Waals surface area contributed by atoms with Gasteiger partial charge in [-0.25, -0.2) is 9.37 Å². The summed E-state index contributed by atoms with van der Waals surface area (Å²) in [5, 5.41) is 3.79. The van der Waals surface area contributed by atoms with Crippen LogP contribution >= 0.6 is 23.1 Å². The fraction of sp³-hybridized carbons (Fsp3) is 0.238. The van der Waals surface area contributed by atoms with Crippen LogP contribution in [-0.4, -0.2) is 22.4 Å². The van der Waals surface area contributed by atoms with Crippen LogP contribution in [0.15, 0.2) is 36.4 Å². The predicted molar refractivity (Wildman–Crippen MR) is 116 cm³/mol. The van der Waals surface area contributed by atoms with Crippen LogP contribution in [0.2, 0.25) is 5.02 Å². The summed E-state index contributed by atoms with van der Waals surface area (Å²) in [5.41, 5.74) is 7.03. The Bertz CT molecular complexity index is 1200. The zero-order valence-corrected chi connectivity index (χ0v) is 16.7. The van der Waals surface area contributed by atoms with E-state index in [4.69, 9.17) is 17.3 Å². The zero-order valence-electron chi connectivity index (χ0n) is 15.1. The Morgan fingerprint density at radius 2 is 1.86 bits per heavy atom. The van der Waals surface area contributed by atoms with Gasteiger partial charge in [0.1, 0.15) is 16.3 Å². The lowest BCUT2D eigenvalue weighted by molar-refractivity contribution is 0.581. The first kappa shape index (κ1) is 17.6. The molecular weight excluding hydrogens is 395 g/mol. The van der Waals surface area contributed by atoms with E-state index < -0.39 is 5.82 Å². The summed E-state index contributed by atoms with van der Waals surface area (Å²) in [6.07, 6.45) is 3.53. The molecule has 0 saturated carbocycles. The Hall–Kier alpha value is -2.44. The number of anilines is 2. The molecule has 0 unspecified atom stereocenters. The molecule has 7 heteroatoms.